The van der Waals surface area contributed by atoms with Crippen LogP contribution in [0.5, 0.6) is 0 Å². The number of halogens is 2. The van der Waals surface area contributed by atoms with E-state index in [2.05, 4.69) is 15.5 Å². The number of rotatable bonds is 5. The molecule has 7 heteroatoms. The van der Waals surface area contributed by atoms with Crippen LogP contribution < -0.4 is 5.32 Å². The molecule has 0 saturated carbocycles. The highest BCUT2D eigenvalue weighted by molar-refractivity contribution is 7.99. The van der Waals surface area contributed by atoms with Crippen LogP contribution >= 0.6 is 11.8 Å². The SMILES string of the molecule is O=C(CSc1ccc(-c2ccccc2)nn1)Nc1ccc(F)cc1F. The predicted molar refractivity (Wildman–Crippen MR) is 93.2 cm³/mol. The van der Waals surface area contributed by atoms with Gasteiger partial charge in [-0.2, -0.15) is 0 Å². The molecular formula is C18H13F2N3OS. The number of nitrogens with one attached hydrogen (secondary N) is 1. The van der Waals surface area contributed by atoms with Gasteiger partial charge in [-0.1, -0.05) is 42.1 Å². The Bertz CT molecular complexity index is 873. The first-order valence-electron chi connectivity index (χ1n) is 7.39. The summed E-state index contributed by atoms with van der Waals surface area (Å²) in [6.45, 7) is 0. The number of hydrogen-bond donors (Lipinski definition) is 1. The first-order chi connectivity index (χ1) is 12.1. The maximum Gasteiger partial charge on any atom is 0.234 e. The topological polar surface area (TPSA) is 54.9 Å². The van der Waals surface area contributed by atoms with E-state index < -0.39 is 17.5 Å². The quantitative estimate of drug-likeness (QED) is 0.697. The highest BCUT2D eigenvalue weighted by Crippen LogP contribution is 2.20. The lowest BCUT2D eigenvalue weighted by molar-refractivity contribution is -0.113. The largest absolute Gasteiger partial charge is 0.323 e. The molecule has 126 valence electrons. The second-order valence-electron chi connectivity index (χ2n) is 5.08. The lowest BCUT2D eigenvalue weighted by atomic mass is 10.1. The summed E-state index contributed by atoms with van der Waals surface area (Å²) in [6.07, 6.45) is 0. The molecule has 1 amide bonds. The minimum Gasteiger partial charge on any atom is -0.323 e. The average molecular weight is 357 g/mol. The summed E-state index contributed by atoms with van der Waals surface area (Å²) in [5.74, 6) is -1.88. The number of carbonyl (C=O) groups is 1. The van der Waals surface area contributed by atoms with Crippen molar-refractivity contribution >= 4 is 23.4 Å². The molecule has 0 aliphatic rings. The van der Waals surface area contributed by atoms with E-state index in [9.17, 15) is 13.6 Å². The Balaban J connectivity index is 1.57. The Kier molecular flexibility index (Phi) is 5.35. The third-order valence-corrected chi connectivity index (χ3v) is 4.19. The van der Waals surface area contributed by atoms with Gasteiger partial charge < -0.3 is 5.32 Å². The number of amides is 1. The van der Waals surface area contributed by atoms with Crippen molar-refractivity contribution < 1.29 is 13.6 Å². The van der Waals surface area contributed by atoms with Gasteiger partial charge in [-0.15, -0.1) is 10.2 Å². The number of aromatic nitrogens is 2. The van der Waals surface area contributed by atoms with E-state index in [1.165, 1.54) is 17.8 Å². The number of benzene rings is 2. The van der Waals surface area contributed by atoms with Crippen LogP contribution in [-0.2, 0) is 4.79 Å². The Morgan fingerprint density at radius 2 is 1.80 bits per heavy atom. The summed E-state index contributed by atoms with van der Waals surface area (Å²) in [5.41, 5.74) is 1.64. The number of carbonyl (C=O) groups excluding carboxylic acids is 1. The maximum absolute atomic E-state index is 13.5. The van der Waals surface area contributed by atoms with E-state index >= 15 is 0 Å². The zero-order valence-electron chi connectivity index (χ0n) is 12.9. The third-order valence-electron chi connectivity index (χ3n) is 3.27. The molecule has 3 rings (SSSR count). The molecule has 0 atom stereocenters. The second-order valence-corrected chi connectivity index (χ2v) is 6.08. The summed E-state index contributed by atoms with van der Waals surface area (Å²) in [4.78, 5) is 11.9. The number of hydrogen-bond acceptors (Lipinski definition) is 4. The van der Waals surface area contributed by atoms with Crippen molar-refractivity contribution in [3.63, 3.8) is 0 Å². The van der Waals surface area contributed by atoms with E-state index in [1.54, 1.807) is 6.07 Å². The molecule has 0 fully saturated rings. The van der Waals surface area contributed by atoms with Gasteiger partial charge in [0.1, 0.15) is 16.7 Å². The molecular weight excluding hydrogens is 344 g/mol. The van der Waals surface area contributed by atoms with Gasteiger partial charge in [0, 0.05) is 11.6 Å². The first-order valence-corrected chi connectivity index (χ1v) is 8.37. The molecule has 0 aliphatic heterocycles. The summed E-state index contributed by atoms with van der Waals surface area (Å²) >= 11 is 1.18. The molecule has 0 bridgehead atoms. The van der Waals surface area contributed by atoms with Crippen molar-refractivity contribution in [2.75, 3.05) is 11.1 Å². The third kappa shape index (κ3) is 4.60. The first kappa shape index (κ1) is 17.0. The van der Waals surface area contributed by atoms with Crippen LogP contribution in [0.25, 0.3) is 11.3 Å². The Hall–Kier alpha value is -2.80. The summed E-state index contributed by atoms with van der Waals surface area (Å²) in [6, 6.07) is 16.2. The van der Waals surface area contributed by atoms with Gasteiger partial charge in [-0.25, -0.2) is 8.78 Å². The van der Waals surface area contributed by atoms with Crippen molar-refractivity contribution in [1.29, 1.82) is 0 Å². The van der Waals surface area contributed by atoms with E-state index in [0.29, 0.717) is 5.03 Å². The van der Waals surface area contributed by atoms with Crippen LogP contribution in [0.1, 0.15) is 0 Å². The van der Waals surface area contributed by atoms with E-state index in [4.69, 9.17) is 0 Å². The van der Waals surface area contributed by atoms with Gasteiger partial charge in [0.25, 0.3) is 0 Å². The monoisotopic (exact) mass is 357 g/mol. The number of nitrogens with zero attached hydrogens (tertiary/aromatic N) is 2. The Morgan fingerprint density at radius 1 is 1.00 bits per heavy atom. The Labute approximate surface area is 147 Å². The van der Waals surface area contributed by atoms with E-state index in [-0.39, 0.29) is 11.4 Å². The standard InChI is InChI=1S/C18H13F2N3OS/c19-13-6-7-16(14(20)10-13)21-17(24)11-25-18-9-8-15(22-23-18)12-4-2-1-3-5-12/h1-10H,11H2,(H,21,24). The molecule has 0 aliphatic carbocycles. The molecule has 4 nitrogen and oxygen atoms in total. The van der Waals surface area contributed by atoms with Crippen LogP contribution in [0.15, 0.2) is 65.7 Å². The van der Waals surface area contributed by atoms with Crippen LogP contribution in [0.4, 0.5) is 14.5 Å². The van der Waals surface area contributed by atoms with E-state index in [0.717, 1.165) is 23.4 Å². The van der Waals surface area contributed by atoms with Crippen LogP contribution in [0.2, 0.25) is 0 Å². The van der Waals surface area contributed by atoms with Gasteiger partial charge in [0.15, 0.2) is 0 Å². The van der Waals surface area contributed by atoms with E-state index in [1.807, 2.05) is 36.4 Å². The van der Waals surface area contributed by atoms with Crippen molar-refractivity contribution in [3.8, 4) is 11.3 Å². The molecule has 25 heavy (non-hydrogen) atoms. The molecule has 0 spiro atoms. The smallest absolute Gasteiger partial charge is 0.234 e. The fourth-order valence-corrected chi connectivity index (χ4v) is 2.69. The fraction of sp³-hybridized carbons (Fsp3) is 0.0556. The average Bonchev–Trinajstić information content (AvgIpc) is 2.63. The van der Waals surface area contributed by atoms with Crippen LogP contribution in [0, 0.1) is 11.6 Å². The summed E-state index contributed by atoms with van der Waals surface area (Å²) < 4.78 is 26.3. The molecule has 1 aromatic heterocycles. The lowest BCUT2D eigenvalue weighted by Crippen LogP contribution is -2.15. The normalized spacial score (nSPS) is 10.5. The van der Waals surface area contributed by atoms with Crippen molar-refractivity contribution in [3.05, 3.63) is 72.3 Å². The molecule has 0 radical (unpaired) electrons. The minimum atomic E-state index is -0.814. The minimum absolute atomic E-state index is 0.0379. The van der Waals surface area contributed by atoms with Gasteiger partial charge >= 0.3 is 0 Å². The Morgan fingerprint density at radius 3 is 2.48 bits per heavy atom. The summed E-state index contributed by atoms with van der Waals surface area (Å²) in [5, 5.41) is 11.2. The zero-order valence-corrected chi connectivity index (χ0v) is 13.8. The van der Waals surface area contributed by atoms with Gasteiger partial charge in [-0.3, -0.25) is 4.79 Å². The molecule has 2 aromatic carbocycles. The van der Waals surface area contributed by atoms with Crippen molar-refractivity contribution in [1.82, 2.24) is 10.2 Å². The molecule has 0 unspecified atom stereocenters. The zero-order chi connectivity index (χ0) is 17.6. The molecule has 1 N–H and O–H groups in total. The van der Waals surface area contributed by atoms with Gasteiger partial charge in [0.05, 0.1) is 17.1 Å². The van der Waals surface area contributed by atoms with Gasteiger partial charge in [-0.05, 0) is 24.3 Å². The van der Waals surface area contributed by atoms with Gasteiger partial charge in [0.2, 0.25) is 5.91 Å². The number of thioether (sulfide) groups is 1. The maximum atomic E-state index is 13.5. The van der Waals surface area contributed by atoms with Crippen molar-refractivity contribution in [2.24, 2.45) is 0 Å². The highest BCUT2D eigenvalue weighted by atomic mass is 32.2. The fourth-order valence-electron chi connectivity index (χ4n) is 2.08. The van der Waals surface area contributed by atoms with Crippen LogP contribution in [0.3, 0.4) is 0 Å². The molecule has 0 saturated heterocycles. The van der Waals surface area contributed by atoms with Crippen molar-refractivity contribution in [2.45, 2.75) is 5.03 Å². The molecule has 3 aromatic rings. The predicted octanol–water partition coefficient (Wildman–Crippen LogP) is 4.15. The summed E-state index contributed by atoms with van der Waals surface area (Å²) in [7, 11) is 0. The highest BCUT2D eigenvalue weighted by Gasteiger charge is 2.09. The number of anilines is 1. The molecule has 1 heterocycles. The second kappa shape index (κ2) is 7.85. The lowest BCUT2D eigenvalue weighted by Gasteiger charge is -2.06. The van der Waals surface area contributed by atoms with Crippen LogP contribution in [-0.4, -0.2) is 21.9 Å².